The number of para-hydroxylation sites is 1. The molecule has 0 aliphatic rings. The Kier molecular flexibility index (Phi) is 5.36. The van der Waals surface area contributed by atoms with Gasteiger partial charge >= 0.3 is 0 Å². The molecule has 0 aliphatic carbocycles. The summed E-state index contributed by atoms with van der Waals surface area (Å²) in [6, 6.07) is 12.3. The van der Waals surface area contributed by atoms with E-state index in [1.807, 2.05) is 22.8 Å². The second-order valence-electron chi connectivity index (χ2n) is 5.04. The number of thiazole rings is 1. The summed E-state index contributed by atoms with van der Waals surface area (Å²) in [4.78, 5) is 17.3. The largest absolute Gasteiger partial charge is 0.383 e. The van der Waals surface area contributed by atoms with Crippen LogP contribution in [0.1, 0.15) is 10.4 Å². The first kappa shape index (κ1) is 17.2. The van der Waals surface area contributed by atoms with Crippen molar-refractivity contribution in [2.24, 2.45) is 4.99 Å². The van der Waals surface area contributed by atoms with Gasteiger partial charge in [-0.15, -0.1) is 0 Å². The van der Waals surface area contributed by atoms with Crippen molar-refractivity contribution < 1.29 is 9.53 Å². The lowest BCUT2D eigenvalue weighted by atomic mass is 10.2. The number of rotatable bonds is 4. The predicted octanol–water partition coefficient (Wildman–Crippen LogP) is 4.40. The van der Waals surface area contributed by atoms with E-state index in [2.05, 4.69) is 4.99 Å². The van der Waals surface area contributed by atoms with Crippen LogP contribution in [0.4, 0.5) is 0 Å². The molecule has 0 radical (unpaired) electrons. The van der Waals surface area contributed by atoms with Crippen molar-refractivity contribution in [3.63, 3.8) is 0 Å². The van der Waals surface area contributed by atoms with Gasteiger partial charge < -0.3 is 9.30 Å². The molecule has 1 amide bonds. The highest BCUT2D eigenvalue weighted by atomic mass is 35.5. The minimum Gasteiger partial charge on any atom is -0.383 e. The van der Waals surface area contributed by atoms with Gasteiger partial charge in [0.1, 0.15) is 0 Å². The van der Waals surface area contributed by atoms with Crippen LogP contribution in [0, 0.1) is 0 Å². The van der Waals surface area contributed by atoms with Crippen molar-refractivity contribution in [3.8, 4) is 0 Å². The monoisotopic (exact) mass is 380 g/mol. The van der Waals surface area contributed by atoms with Crippen LogP contribution in [0.3, 0.4) is 0 Å². The van der Waals surface area contributed by atoms with E-state index in [1.54, 1.807) is 31.4 Å². The molecule has 0 aliphatic heterocycles. The number of fused-ring (bicyclic) bond motifs is 1. The lowest BCUT2D eigenvalue weighted by Crippen LogP contribution is -2.19. The molecule has 0 atom stereocenters. The van der Waals surface area contributed by atoms with E-state index in [-0.39, 0.29) is 5.91 Å². The zero-order chi connectivity index (χ0) is 17.1. The maximum atomic E-state index is 12.4. The molecule has 0 spiro atoms. The quantitative estimate of drug-likeness (QED) is 0.673. The van der Waals surface area contributed by atoms with Gasteiger partial charge in [0.2, 0.25) is 0 Å². The molecule has 2 aromatic carbocycles. The lowest BCUT2D eigenvalue weighted by Gasteiger charge is -2.05. The van der Waals surface area contributed by atoms with E-state index in [0.29, 0.717) is 33.6 Å². The van der Waals surface area contributed by atoms with Crippen LogP contribution >= 0.6 is 34.5 Å². The summed E-state index contributed by atoms with van der Waals surface area (Å²) >= 11 is 13.6. The van der Waals surface area contributed by atoms with Crippen LogP contribution in [0.25, 0.3) is 10.2 Å². The van der Waals surface area contributed by atoms with Gasteiger partial charge in [-0.2, -0.15) is 4.99 Å². The van der Waals surface area contributed by atoms with Crippen molar-refractivity contribution in [2.45, 2.75) is 6.54 Å². The highest BCUT2D eigenvalue weighted by Gasteiger charge is 2.11. The fourth-order valence-electron chi connectivity index (χ4n) is 2.31. The number of ether oxygens (including phenoxy) is 1. The molecule has 3 aromatic rings. The number of carbonyl (C=O) groups excluding carboxylic acids is 1. The molecule has 7 heteroatoms. The first-order valence-electron chi connectivity index (χ1n) is 7.21. The first-order valence-corrected chi connectivity index (χ1v) is 8.79. The van der Waals surface area contributed by atoms with Gasteiger partial charge in [-0.25, -0.2) is 0 Å². The van der Waals surface area contributed by atoms with Gasteiger partial charge in [-0.1, -0.05) is 40.6 Å². The number of aromatic nitrogens is 1. The number of hydrogen-bond donors (Lipinski definition) is 0. The number of halogens is 2. The molecule has 24 heavy (non-hydrogen) atoms. The molecule has 0 fully saturated rings. The van der Waals surface area contributed by atoms with Crippen molar-refractivity contribution in [1.82, 2.24) is 4.57 Å². The lowest BCUT2D eigenvalue weighted by molar-refractivity contribution is 0.0997. The van der Waals surface area contributed by atoms with Crippen LogP contribution in [-0.2, 0) is 11.3 Å². The Bertz CT molecular complexity index is 945. The summed E-state index contributed by atoms with van der Waals surface area (Å²) in [5.74, 6) is -0.319. The van der Waals surface area contributed by atoms with Crippen LogP contribution in [0.5, 0.6) is 0 Å². The number of amides is 1. The second-order valence-corrected chi connectivity index (χ2v) is 6.89. The average molecular weight is 381 g/mol. The third-order valence-electron chi connectivity index (χ3n) is 3.46. The maximum absolute atomic E-state index is 12.4. The number of benzene rings is 2. The van der Waals surface area contributed by atoms with E-state index in [9.17, 15) is 4.79 Å². The molecule has 3 rings (SSSR count). The first-order chi connectivity index (χ1) is 11.6. The fourth-order valence-corrected chi connectivity index (χ4v) is 3.85. The molecule has 0 saturated carbocycles. The Morgan fingerprint density at radius 1 is 1.21 bits per heavy atom. The highest BCUT2D eigenvalue weighted by molar-refractivity contribution is 7.16. The number of methoxy groups -OCH3 is 1. The van der Waals surface area contributed by atoms with E-state index in [4.69, 9.17) is 27.9 Å². The fraction of sp³-hybridized carbons (Fsp3) is 0.176. The van der Waals surface area contributed by atoms with Crippen molar-refractivity contribution >= 4 is 50.7 Å². The topological polar surface area (TPSA) is 43.6 Å². The van der Waals surface area contributed by atoms with Gasteiger partial charge in [0.15, 0.2) is 4.80 Å². The van der Waals surface area contributed by atoms with E-state index >= 15 is 0 Å². The van der Waals surface area contributed by atoms with Gasteiger partial charge in [0, 0.05) is 24.2 Å². The van der Waals surface area contributed by atoms with Gasteiger partial charge in [-0.05, 0) is 36.4 Å². The Balaban J connectivity index is 2.12. The van der Waals surface area contributed by atoms with Crippen molar-refractivity contribution in [1.29, 1.82) is 0 Å². The van der Waals surface area contributed by atoms with Crippen molar-refractivity contribution in [3.05, 3.63) is 62.9 Å². The van der Waals surface area contributed by atoms with E-state index in [0.717, 1.165) is 10.2 Å². The molecule has 1 heterocycles. The molecule has 124 valence electrons. The van der Waals surface area contributed by atoms with Crippen LogP contribution in [-0.4, -0.2) is 24.2 Å². The minimum atomic E-state index is -0.319. The third kappa shape index (κ3) is 3.54. The summed E-state index contributed by atoms with van der Waals surface area (Å²) in [6.45, 7) is 1.06. The predicted molar refractivity (Wildman–Crippen MR) is 98.0 cm³/mol. The maximum Gasteiger partial charge on any atom is 0.279 e. The molecule has 0 unspecified atom stereocenters. The van der Waals surface area contributed by atoms with Crippen LogP contribution in [0.15, 0.2) is 47.5 Å². The van der Waals surface area contributed by atoms with Gasteiger partial charge in [0.25, 0.3) is 5.91 Å². The van der Waals surface area contributed by atoms with Crippen molar-refractivity contribution in [2.75, 3.05) is 13.7 Å². The normalized spacial score (nSPS) is 12.0. The van der Waals surface area contributed by atoms with E-state index in [1.165, 1.54) is 11.3 Å². The minimum absolute atomic E-state index is 0.319. The van der Waals surface area contributed by atoms with Gasteiger partial charge in [-0.3, -0.25) is 4.79 Å². The summed E-state index contributed by atoms with van der Waals surface area (Å²) in [7, 11) is 1.63. The molecule has 4 nitrogen and oxygen atoms in total. The standard InChI is InChI=1S/C17H14Cl2N2O2S/c1-23-10-9-21-15-13(19)3-2-4-14(15)24-17(21)20-16(22)11-5-7-12(18)8-6-11/h2-8H,9-10H2,1H3. The molecule has 0 bridgehead atoms. The Labute approximate surface area is 152 Å². The number of nitrogens with zero attached hydrogens (tertiary/aromatic N) is 2. The summed E-state index contributed by atoms with van der Waals surface area (Å²) in [5.41, 5.74) is 1.35. The Hall–Kier alpha value is -1.66. The highest BCUT2D eigenvalue weighted by Crippen LogP contribution is 2.25. The number of hydrogen-bond acceptors (Lipinski definition) is 3. The van der Waals surface area contributed by atoms with Gasteiger partial charge in [0.05, 0.1) is 21.8 Å². The Morgan fingerprint density at radius 3 is 2.67 bits per heavy atom. The van der Waals surface area contributed by atoms with Crippen LogP contribution in [0.2, 0.25) is 10.0 Å². The molecular weight excluding hydrogens is 367 g/mol. The summed E-state index contributed by atoms with van der Waals surface area (Å²) in [6.07, 6.45) is 0. The zero-order valence-corrected chi connectivity index (χ0v) is 15.2. The third-order valence-corrected chi connectivity index (χ3v) is 5.06. The summed E-state index contributed by atoms with van der Waals surface area (Å²) in [5, 5.41) is 1.20. The second kappa shape index (κ2) is 7.49. The zero-order valence-electron chi connectivity index (χ0n) is 12.8. The SMILES string of the molecule is COCCn1c(=NC(=O)c2ccc(Cl)cc2)sc2cccc(Cl)c21. The van der Waals surface area contributed by atoms with Crippen LogP contribution < -0.4 is 4.80 Å². The number of carbonyl (C=O) groups is 1. The molecule has 1 aromatic heterocycles. The van der Waals surface area contributed by atoms with E-state index < -0.39 is 0 Å². The molecule has 0 saturated heterocycles. The smallest absolute Gasteiger partial charge is 0.279 e. The summed E-state index contributed by atoms with van der Waals surface area (Å²) < 4.78 is 8.05. The Morgan fingerprint density at radius 2 is 1.96 bits per heavy atom. The molecule has 0 N–H and O–H groups in total. The average Bonchev–Trinajstić information content (AvgIpc) is 2.92. The molecular formula is C17H14Cl2N2O2S.